The zero-order chi connectivity index (χ0) is 13.8. The van der Waals surface area contributed by atoms with Crippen LogP contribution in [0.25, 0.3) is 0 Å². The zero-order valence-corrected chi connectivity index (χ0v) is 11.9. The summed E-state index contributed by atoms with van der Waals surface area (Å²) in [7, 11) is -1.40. The average Bonchev–Trinajstić information content (AvgIpc) is 2.28. The third-order valence-electron chi connectivity index (χ3n) is 3.19. The van der Waals surface area contributed by atoms with Crippen LogP contribution in [0.1, 0.15) is 13.3 Å². The van der Waals surface area contributed by atoms with E-state index in [0.717, 1.165) is 13.1 Å². The molecule has 0 aromatic heterocycles. The first-order chi connectivity index (χ1) is 8.34. The number of nitrogens with two attached hydrogens (primary N) is 1. The largest absolute Gasteiger partial charge is 0.339 e. The smallest absolute Gasteiger partial charge is 0.237 e. The first-order valence-corrected chi connectivity index (χ1v) is 8.08. The van der Waals surface area contributed by atoms with Crippen molar-refractivity contribution in [2.24, 2.45) is 5.73 Å². The molecule has 1 saturated heterocycles. The summed E-state index contributed by atoms with van der Waals surface area (Å²) in [6.07, 6.45) is 0.599. The van der Waals surface area contributed by atoms with Crippen LogP contribution >= 0.6 is 0 Å². The molecule has 0 spiro atoms. The summed E-state index contributed by atoms with van der Waals surface area (Å²) >= 11 is 0. The maximum atomic E-state index is 11.9. The van der Waals surface area contributed by atoms with Crippen LogP contribution in [0.2, 0.25) is 0 Å². The van der Waals surface area contributed by atoms with E-state index in [1.54, 1.807) is 4.90 Å². The van der Waals surface area contributed by atoms with Gasteiger partial charge in [-0.05, 0) is 13.5 Å². The maximum absolute atomic E-state index is 11.9. The number of rotatable bonds is 5. The molecule has 0 aromatic carbocycles. The molecular weight excluding hydrogens is 254 g/mol. The maximum Gasteiger partial charge on any atom is 0.237 e. The molecule has 1 rings (SSSR count). The Balaban J connectivity index is 2.48. The van der Waals surface area contributed by atoms with Crippen molar-refractivity contribution in [3.05, 3.63) is 0 Å². The second-order valence-electron chi connectivity index (χ2n) is 4.91. The Labute approximate surface area is 109 Å². The van der Waals surface area contributed by atoms with Crippen LogP contribution in [0.3, 0.4) is 0 Å². The normalized spacial score (nSPS) is 19.8. The third-order valence-corrected chi connectivity index (χ3v) is 4.81. The lowest BCUT2D eigenvalue weighted by atomic mass is 10.3. The molecule has 0 radical (unpaired) electrons. The second-order valence-corrected chi connectivity index (χ2v) is 7.02. The minimum Gasteiger partial charge on any atom is -0.339 e. The van der Waals surface area contributed by atoms with Gasteiger partial charge in [0.1, 0.15) is 5.75 Å². The summed E-state index contributed by atoms with van der Waals surface area (Å²) in [5.41, 5.74) is 5.62. The lowest BCUT2D eigenvalue weighted by molar-refractivity contribution is -0.129. The third kappa shape index (κ3) is 4.91. The van der Waals surface area contributed by atoms with Crippen molar-refractivity contribution in [2.45, 2.75) is 19.4 Å². The van der Waals surface area contributed by atoms with Crippen molar-refractivity contribution in [3.63, 3.8) is 0 Å². The number of amides is 1. The van der Waals surface area contributed by atoms with Crippen LogP contribution in [-0.2, 0) is 14.6 Å². The summed E-state index contributed by atoms with van der Waals surface area (Å²) in [5.74, 6) is -0.820. The highest BCUT2D eigenvalue weighted by molar-refractivity contribution is 7.92. The van der Waals surface area contributed by atoms with Gasteiger partial charge in [0, 0.05) is 32.2 Å². The molecule has 18 heavy (non-hydrogen) atoms. The highest BCUT2D eigenvalue weighted by Gasteiger charge is 2.25. The van der Waals surface area contributed by atoms with Crippen molar-refractivity contribution in [1.82, 2.24) is 9.80 Å². The molecule has 0 aromatic rings. The topological polar surface area (TPSA) is 83.7 Å². The predicted octanol–water partition coefficient (Wildman–Crippen LogP) is -1.09. The van der Waals surface area contributed by atoms with Gasteiger partial charge in [0.25, 0.3) is 0 Å². The molecule has 1 fully saturated rings. The van der Waals surface area contributed by atoms with Crippen LogP contribution < -0.4 is 5.73 Å². The summed E-state index contributed by atoms with van der Waals surface area (Å²) < 4.78 is 23.6. The highest BCUT2D eigenvalue weighted by Crippen LogP contribution is 2.03. The van der Waals surface area contributed by atoms with E-state index in [2.05, 4.69) is 4.90 Å². The van der Waals surface area contributed by atoms with E-state index < -0.39 is 15.6 Å². The minimum absolute atomic E-state index is 0.108. The van der Waals surface area contributed by atoms with E-state index in [0.29, 0.717) is 19.5 Å². The lowest BCUT2D eigenvalue weighted by Crippen LogP contribution is -2.49. The Morgan fingerprint density at radius 2 is 1.83 bits per heavy atom. The molecule has 2 N–H and O–H groups in total. The zero-order valence-electron chi connectivity index (χ0n) is 11.1. The number of likely N-dealkylation sites (N-methyl/N-ethyl adjacent to an activating group) is 1. The molecule has 7 heteroatoms. The molecular formula is C11H23N3O3S. The Kier molecular flexibility index (Phi) is 5.55. The Morgan fingerprint density at radius 1 is 1.28 bits per heavy atom. The van der Waals surface area contributed by atoms with Crippen LogP contribution in [0.5, 0.6) is 0 Å². The fraction of sp³-hybridized carbons (Fsp3) is 0.909. The van der Waals surface area contributed by atoms with Crippen molar-refractivity contribution in [1.29, 1.82) is 0 Å². The van der Waals surface area contributed by atoms with Gasteiger partial charge in [-0.1, -0.05) is 6.92 Å². The van der Waals surface area contributed by atoms with Crippen molar-refractivity contribution >= 4 is 15.7 Å². The van der Waals surface area contributed by atoms with Crippen LogP contribution in [0.4, 0.5) is 0 Å². The minimum atomic E-state index is -3.38. The van der Waals surface area contributed by atoms with Crippen molar-refractivity contribution in [3.8, 4) is 0 Å². The van der Waals surface area contributed by atoms with E-state index in [9.17, 15) is 13.2 Å². The SMILES string of the molecule is CCC(N)CS(=O)(=O)CC(=O)N1CCN(C)CC1. The summed E-state index contributed by atoms with van der Waals surface area (Å²) in [6, 6.07) is -0.379. The molecule has 1 heterocycles. The van der Waals surface area contributed by atoms with Gasteiger partial charge in [-0.3, -0.25) is 4.79 Å². The quantitative estimate of drug-likeness (QED) is 0.690. The van der Waals surface area contributed by atoms with E-state index in [1.165, 1.54) is 0 Å². The van der Waals surface area contributed by atoms with Crippen molar-refractivity contribution in [2.75, 3.05) is 44.7 Å². The molecule has 1 unspecified atom stereocenters. The monoisotopic (exact) mass is 277 g/mol. The molecule has 1 aliphatic rings. The number of hydrogen-bond acceptors (Lipinski definition) is 5. The summed E-state index contributed by atoms with van der Waals surface area (Å²) in [6.45, 7) is 4.62. The van der Waals surface area contributed by atoms with Gasteiger partial charge < -0.3 is 15.5 Å². The van der Waals surface area contributed by atoms with E-state index >= 15 is 0 Å². The Hall–Kier alpha value is -0.660. The van der Waals surface area contributed by atoms with Crippen molar-refractivity contribution < 1.29 is 13.2 Å². The fourth-order valence-corrected chi connectivity index (χ4v) is 3.40. The number of nitrogens with zero attached hydrogens (tertiary/aromatic N) is 2. The standard InChI is InChI=1S/C11H23N3O3S/c1-3-10(12)8-18(16,17)9-11(15)14-6-4-13(2)5-7-14/h10H,3-9,12H2,1-2H3. The first-order valence-electron chi connectivity index (χ1n) is 6.26. The highest BCUT2D eigenvalue weighted by atomic mass is 32.2. The van der Waals surface area contributed by atoms with Gasteiger partial charge in [-0.25, -0.2) is 8.42 Å². The van der Waals surface area contributed by atoms with E-state index in [-0.39, 0.29) is 17.7 Å². The van der Waals surface area contributed by atoms with Gasteiger partial charge >= 0.3 is 0 Å². The van der Waals surface area contributed by atoms with Crippen LogP contribution in [-0.4, -0.2) is 74.9 Å². The van der Waals surface area contributed by atoms with Gasteiger partial charge in [-0.15, -0.1) is 0 Å². The number of carbonyl (C=O) groups excluding carboxylic acids is 1. The fourth-order valence-electron chi connectivity index (χ4n) is 1.84. The Morgan fingerprint density at radius 3 is 2.33 bits per heavy atom. The molecule has 106 valence electrons. The summed E-state index contributed by atoms with van der Waals surface area (Å²) in [5, 5.41) is 0. The number of hydrogen-bond donors (Lipinski definition) is 1. The predicted molar refractivity (Wildman–Crippen MR) is 71.0 cm³/mol. The molecule has 0 aliphatic carbocycles. The number of carbonyl (C=O) groups is 1. The van der Waals surface area contributed by atoms with Gasteiger partial charge in [0.15, 0.2) is 9.84 Å². The van der Waals surface area contributed by atoms with E-state index in [1.807, 2.05) is 14.0 Å². The molecule has 1 amide bonds. The number of piperazine rings is 1. The molecule has 6 nitrogen and oxygen atoms in total. The van der Waals surface area contributed by atoms with Gasteiger partial charge in [0.05, 0.1) is 5.75 Å². The van der Waals surface area contributed by atoms with E-state index in [4.69, 9.17) is 5.73 Å². The Bertz CT molecular complexity index is 375. The molecule has 0 saturated carbocycles. The second kappa shape index (κ2) is 6.49. The lowest BCUT2D eigenvalue weighted by Gasteiger charge is -2.32. The molecule has 0 bridgehead atoms. The van der Waals surface area contributed by atoms with Gasteiger partial charge in [-0.2, -0.15) is 0 Å². The van der Waals surface area contributed by atoms with Crippen LogP contribution in [0.15, 0.2) is 0 Å². The molecule has 1 aliphatic heterocycles. The molecule has 1 atom stereocenters. The van der Waals surface area contributed by atoms with Crippen LogP contribution in [0, 0.1) is 0 Å². The van der Waals surface area contributed by atoms with Gasteiger partial charge in [0.2, 0.25) is 5.91 Å². The summed E-state index contributed by atoms with van der Waals surface area (Å²) in [4.78, 5) is 15.6. The average molecular weight is 277 g/mol. The first kappa shape index (κ1) is 15.4. The number of sulfone groups is 1.